The normalized spacial score (nSPS) is 12.6. The number of likely N-dealkylation sites (N-methyl/N-ethyl adjacent to an activating group) is 1. The van der Waals surface area contributed by atoms with E-state index in [1.807, 2.05) is 30.1 Å². The van der Waals surface area contributed by atoms with Crippen LogP contribution in [0.4, 0.5) is 39.3 Å². The van der Waals surface area contributed by atoms with Gasteiger partial charge in [-0.3, -0.25) is 14.6 Å². The van der Waals surface area contributed by atoms with Crippen molar-refractivity contribution in [2.75, 3.05) is 66.8 Å². The quantitative estimate of drug-likeness (QED) is 0.334. The smallest absolute Gasteiger partial charge is 0.330 e. The molecule has 4 rings (SSSR count). The van der Waals surface area contributed by atoms with Gasteiger partial charge < -0.3 is 30.1 Å². The number of hydrogen-bond acceptors (Lipinski definition) is 9. The highest BCUT2D eigenvalue weighted by molar-refractivity contribution is 6.05. The predicted octanol–water partition coefficient (Wildman–Crippen LogP) is 3.72. The monoisotopic (exact) mass is 533 g/mol. The first-order chi connectivity index (χ1) is 18.7. The Labute approximate surface area is 226 Å². The number of amides is 3. The summed E-state index contributed by atoms with van der Waals surface area (Å²) in [5.74, 6) is 0.730. The first kappa shape index (κ1) is 27.2. The summed E-state index contributed by atoms with van der Waals surface area (Å²) in [4.78, 5) is 39.3. The first-order valence-electron chi connectivity index (χ1n) is 12.1. The third kappa shape index (κ3) is 6.02. The number of urea groups is 1. The van der Waals surface area contributed by atoms with Crippen LogP contribution >= 0.6 is 0 Å². The minimum Gasteiger partial charge on any atom is -0.508 e. The fourth-order valence-corrected chi connectivity index (χ4v) is 4.06. The SMILES string of the molecule is C=CC(=O)Nc1cc(N(C)CCOC)ccc1Nc1ncc2c(n1)N(C)C(=O)N(c1cc(O)cc(OC)c1)C2. The minimum atomic E-state index is -0.366. The predicted molar refractivity (Wildman–Crippen MR) is 150 cm³/mol. The molecule has 12 heteroatoms. The molecule has 3 aromatic rings. The number of aromatic hydroxyl groups is 1. The Morgan fingerprint density at radius 2 is 2.03 bits per heavy atom. The van der Waals surface area contributed by atoms with Crippen LogP contribution in [0.25, 0.3) is 0 Å². The molecule has 12 nitrogen and oxygen atoms in total. The van der Waals surface area contributed by atoms with Crippen molar-refractivity contribution >= 4 is 46.5 Å². The van der Waals surface area contributed by atoms with E-state index in [9.17, 15) is 14.7 Å². The van der Waals surface area contributed by atoms with E-state index in [-0.39, 0.29) is 30.2 Å². The Hall–Kier alpha value is -4.84. The Kier molecular flexibility index (Phi) is 8.15. The van der Waals surface area contributed by atoms with Crippen LogP contribution in [0.3, 0.4) is 0 Å². The molecule has 3 N–H and O–H groups in total. The number of anilines is 6. The molecule has 0 fully saturated rings. The number of fused-ring (bicyclic) bond motifs is 1. The number of ether oxygens (including phenoxy) is 2. The topological polar surface area (TPSA) is 132 Å². The summed E-state index contributed by atoms with van der Waals surface area (Å²) in [5.41, 5.74) is 3.14. The number of benzene rings is 2. The molecule has 3 amide bonds. The highest BCUT2D eigenvalue weighted by Gasteiger charge is 2.31. The van der Waals surface area contributed by atoms with Crippen LogP contribution in [0.1, 0.15) is 5.56 Å². The zero-order valence-electron chi connectivity index (χ0n) is 22.3. The van der Waals surface area contributed by atoms with Crippen LogP contribution in [0, 0.1) is 0 Å². The lowest BCUT2D eigenvalue weighted by molar-refractivity contribution is -0.111. The molecule has 0 atom stereocenters. The largest absolute Gasteiger partial charge is 0.508 e. The van der Waals surface area contributed by atoms with Crippen molar-refractivity contribution < 1.29 is 24.2 Å². The zero-order chi connectivity index (χ0) is 28.1. The molecule has 0 spiro atoms. The van der Waals surface area contributed by atoms with Gasteiger partial charge in [-0.25, -0.2) is 9.78 Å². The molecule has 204 valence electrons. The molecular weight excluding hydrogens is 502 g/mol. The molecule has 2 aromatic carbocycles. The summed E-state index contributed by atoms with van der Waals surface area (Å²) >= 11 is 0. The van der Waals surface area contributed by atoms with Crippen LogP contribution in [-0.2, 0) is 16.1 Å². The van der Waals surface area contributed by atoms with Gasteiger partial charge in [0.2, 0.25) is 11.9 Å². The Morgan fingerprint density at radius 3 is 2.74 bits per heavy atom. The van der Waals surface area contributed by atoms with E-state index in [0.29, 0.717) is 47.3 Å². The second kappa shape index (κ2) is 11.7. The molecule has 0 aliphatic carbocycles. The van der Waals surface area contributed by atoms with Crippen LogP contribution in [-0.4, -0.2) is 68.5 Å². The first-order valence-corrected chi connectivity index (χ1v) is 12.1. The number of nitrogens with one attached hydrogen (secondary N) is 2. The van der Waals surface area contributed by atoms with Crippen LogP contribution in [0.5, 0.6) is 11.5 Å². The molecule has 2 heterocycles. The van der Waals surface area contributed by atoms with Gasteiger partial charge in [0, 0.05) is 63.4 Å². The molecule has 0 saturated carbocycles. The Balaban J connectivity index is 1.61. The van der Waals surface area contributed by atoms with Crippen molar-refractivity contribution in [1.29, 1.82) is 0 Å². The molecule has 0 saturated heterocycles. The van der Waals surface area contributed by atoms with Gasteiger partial charge in [-0.05, 0) is 24.3 Å². The second-order valence-corrected chi connectivity index (χ2v) is 8.82. The summed E-state index contributed by atoms with van der Waals surface area (Å²) < 4.78 is 10.4. The van der Waals surface area contributed by atoms with E-state index < -0.39 is 0 Å². The van der Waals surface area contributed by atoms with Gasteiger partial charge >= 0.3 is 6.03 Å². The molecular formula is C27H31N7O5. The summed E-state index contributed by atoms with van der Waals surface area (Å²) in [6, 6.07) is 9.83. The third-order valence-corrected chi connectivity index (χ3v) is 6.19. The molecule has 0 unspecified atom stereocenters. The molecule has 0 bridgehead atoms. The second-order valence-electron chi connectivity index (χ2n) is 8.82. The number of carbonyl (C=O) groups is 2. The summed E-state index contributed by atoms with van der Waals surface area (Å²) in [5, 5.41) is 16.0. The van der Waals surface area contributed by atoms with E-state index in [1.165, 1.54) is 35.1 Å². The lowest BCUT2D eigenvalue weighted by Gasteiger charge is -2.34. The minimum absolute atomic E-state index is 0.0170. The Morgan fingerprint density at radius 1 is 1.23 bits per heavy atom. The van der Waals surface area contributed by atoms with Crippen molar-refractivity contribution in [3.05, 3.63) is 60.8 Å². The van der Waals surface area contributed by atoms with E-state index in [0.717, 1.165) is 5.69 Å². The maximum Gasteiger partial charge on any atom is 0.330 e. The molecule has 0 radical (unpaired) electrons. The fraction of sp³-hybridized carbons (Fsp3) is 0.259. The average molecular weight is 534 g/mol. The van der Waals surface area contributed by atoms with E-state index in [2.05, 4.69) is 27.2 Å². The van der Waals surface area contributed by atoms with Gasteiger partial charge in [0.15, 0.2) is 0 Å². The molecule has 1 aromatic heterocycles. The number of rotatable bonds is 10. The van der Waals surface area contributed by atoms with Crippen molar-refractivity contribution in [1.82, 2.24) is 9.97 Å². The van der Waals surface area contributed by atoms with E-state index >= 15 is 0 Å². The maximum atomic E-state index is 13.2. The average Bonchev–Trinajstić information content (AvgIpc) is 2.94. The van der Waals surface area contributed by atoms with Crippen molar-refractivity contribution in [3.63, 3.8) is 0 Å². The van der Waals surface area contributed by atoms with Gasteiger partial charge in [-0.15, -0.1) is 0 Å². The number of methoxy groups -OCH3 is 2. The summed E-state index contributed by atoms with van der Waals surface area (Å²) in [6.45, 7) is 4.95. The van der Waals surface area contributed by atoms with Crippen molar-refractivity contribution in [3.8, 4) is 11.5 Å². The van der Waals surface area contributed by atoms with Gasteiger partial charge in [-0.1, -0.05) is 6.58 Å². The highest BCUT2D eigenvalue weighted by atomic mass is 16.5. The number of phenolic OH excluding ortho intramolecular Hbond substituents is 1. The maximum absolute atomic E-state index is 13.2. The molecule has 1 aliphatic heterocycles. The van der Waals surface area contributed by atoms with E-state index in [1.54, 1.807) is 26.4 Å². The van der Waals surface area contributed by atoms with Crippen LogP contribution < -0.4 is 30.1 Å². The van der Waals surface area contributed by atoms with Crippen LogP contribution in [0.15, 0.2) is 55.3 Å². The third-order valence-electron chi connectivity index (χ3n) is 6.19. The number of aromatic nitrogens is 2. The van der Waals surface area contributed by atoms with Gasteiger partial charge in [-0.2, -0.15) is 4.98 Å². The zero-order valence-corrected chi connectivity index (χ0v) is 22.3. The number of phenols is 1. The number of hydrogen-bond donors (Lipinski definition) is 3. The lowest BCUT2D eigenvalue weighted by atomic mass is 10.2. The van der Waals surface area contributed by atoms with Gasteiger partial charge in [0.05, 0.1) is 37.3 Å². The van der Waals surface area contributed by atoms with Crippen LogP contribution in [0.2, 0.25) is 0 Å². The standard InChI is InChI=1S/C27H31N7O5/c1-6-24(36)29-23-13-18(32(2)9-10-38-4)7-8-22(23)30-26-28-15-17-16-34(27(37)33(3)25(17)31-26)19-11-20(35)14-21(12-19)39-5/h6-8,11-15,35H,1,9-10,16H2,2-5H3,(H,29,36)(H,28,30,31). The Bertz CT molecular complexity index is 1400. The van der Waals surface area contributed by atoms with E-state index in [4.69, 9.17) is 9.47 Å². The van der Waals surface area contributed by atoms with Crippen molar-refractivity contribution in [2.45, 2.75) is 6.54 Å². The van der Waals surface area contributed by atoms with Gasteiger partial charge in [0.1, 0.15) is 17.3 Å². The fourth-order valence-electron chi connectivity index (χ4n) is 4.06. The number of carbonyl (C=O) groups excluding carboxylic acids is 2. The lowest BCUT2D eigenvalue weighted by Crippen LogP contribution is -2.46. The number of nitrogens with zero attached hydrogens (tertiary/aromatic N) is 5. The highest BCUT2D eigenvalue weighted by Crippen LogP contribution is 2.35. The summed E-state index contributed by atoms with van der Waals surface area (Å²) in [7, 11) is 6.67. The summed E-state index contributed by atoms with van der Waals surface area (Å²) in [6.07, 6.45) is 2.82. The molecule has 39 heavy (non-hydrogen) atoms. The van der Waals surface area contributed by atoms with Gasteiger partial charge in [0.25, 0.3) is 0 Å². The molecule has 1 aliphatic rings. The van der Waals surface area contributed by atoms with Crippen molar-refractivity contribution in [2.24, 2.45) is 0 Å².